The molecule has 0 bridgehead atoms. The summed E-state index contributed by atoms with van der Waals surface area (Å²) >= 11 is 12.1. The molecule has 0 unspecified atom stereocenters. The molecule has 0 spiro atoms. The van der Waals surface area contributed by atoms with Gasteiger partial charge in [0.05, 0.1) is 18.4 Å². The number of carbonyl (C=O) groups is 4. The van der Waals surface area contributed by atoms with Gasteiger partial charge < -0.3 is 9.47 Å². The van der Waals surface area contributed by atoms with E-state index in [0.717, 1.165) is 10.5 Å². The lowest BCUT2D eigenvalue weighted by Gasteiger charge is -2.26. The van der Waals surface area contributed by atoms with Crippen molar-refractivity contribution in [1.29, 1.82) is 0 Å². The molecule has 1 fully saturated rings. The lowest BCUT2D eigenvalue weighted by atomic mass is 10.1. The molecule has 4 amide bonds. The Morgan fingerprint density at radius 3 is 2.31 bits per heavy atom. The average molecular weight is 525 g/mol. The summed E-state index contributed by atoms with van der Waals surface area (Å²) in [4.78, 5) is 50.4. The standard InChI is InChI=1S/C26H18Cl2N2O6/c1-35-25(33)16-4-2-15(3-5-16)12-21-23(31)29-26(34)30(24(21)32)19-8-10-20(11-9-19)36-14-17-6-7-18(27)13-22(17)28/h2-13H,14H2,1H3,(H,29,31,34)/b21-12+. The van der Waals surface area contributed by atoms with Crippen molar-refractivity contribution in [2.45, 2.75) is 6.61 Å². The Morgan fingerprint density at radius 2 is 1.67 bits per heavy atom. The first kappa shape index (κ1) is 25.0. The van der Waals surface area contributed by atoms with Gasteiger partial charge in [0.2, 0.25) is 0 Å². The lowest BCUT2D eigenvalue weighted by Crippen LogP contribution is -2.54. The van der Waals surface area contributed by atoms with Crippen LogP contribution in [0.25, 0.3) is 6.08 Å². The highest BCUT2D eigenvalue weighted by Gasteiger charge is 2.36. The fourth-order valence-corrected chi connectivity index (χ4v) is 3.85. The monoisotopic (exact) mass is 524 g/mol. The maximum atomic E-state index is 13.1. The number of urea groups is 1. The number of esters is 1. The minimum atomic E-state index is -0.871. The van der Waals surface area contributed by atoms with E-state index < -0.39 is 23.8 Å². The number of hydrogen-bond donors (Lipinski definition) is 1. The van der Waals surface area contributed by atoms with E-state index in [4.69, 9.17) is 27.9 Å². The molecule has 1 heterocycles. The minimum Gasteiger partial charge on any atom is -0.489 e. The zero-order valence-corrected chi connectivity index (χ0v) is 20.3. The van der Waals surface area contributed by atoms with Crippen LogP contribution in [0.4, 0.5) is 10.5 Å². The first-order chi connectivity index (χ1) is 17.3. The molecule has 0 radical (unpaired) electrons. The van der Waals surface area contributed by atoms with E-state index in [1.165, 1.54) is 37.5 Å². The van der Waals surface area contributed by atoms with Crippen LogP contribution in [0.5, 0.6) is 5.75 Å². The van der Waals surface area contributed by atoms with Crippen LogP contribution in [0.1, 0.15) is 21.5 Å². The molecule has 0 aromatic heterocycles. The molecular weight excluding hydrogens is 507 g/mol. The number of barbiturate groups is 1. The first-order valence-electron chi connectivity index (χ1n) is 10.5. The Bertz CT molecular complexity index is 1380. The van der Waals surface area contributed by atoms with E-state index in [1.807, 2.05) is 0 Å². The molecule has 36 heavy (non-hydrogen) atoms. The number of carbonyl (C=O) groups excluding carboxylic acids is 4. The fraction of sp³-hybridized carbons (Fsp3) is 0.0769. The van der Waals surface area contributed by atoms with Crippen molar-refractivity contribution in [2.24, 2.45) is 0 Å². The number of ether oxygens (including phenoxy) is 2. The molecule has 0 atom stereocenters. The van der Waals surface area contributed by atoms with E-state index in [2.05, 4.69) is 10.1 Å². The molecule has 3 aromatic carbocycles. The molecule has 1 N–H and O–H groups in total. The first-order valence-corrected chi connectivity index (χ1v) is 11.3. The van der Waals surface area contributed by atoms with Crippen molar-refractivity contribution in [3.63, 3.8) is 0 Å². The van der Waals surface area contributed by atoms with Crippen LogP contribution in [0.3, 0.4) is 0 Å². The lowest BCUT2D eigenvalue weighted by molar-refractivity contribution is -0.122. The van der Waals surface area contributed by atoms with Crippen molar-refractivity contribution in [3.05, 3.63) is 99.0 Å². The van der Waals surface area contributed by atoms with E-state index in [1.54, 1.807) is 42.5 Å². The van der Waals surface area contributed by atoms with Gasteiger partial charge in [-0.1, -0.05) is 41.4 Å². The number of methoxy groups -OCH3 is 1. The fourth-order valence-electron chi connectivity index (χ4n) is 3.38. The van der Waals surface area contributed by atoms with Gasteiger partial charge >= 0.3 is 12.0 Å². The summed E-state index contributed by atoms with van der Waals surface area (Å²) in [7, 11) is 1.27. The summed E-state index contributed by atoms with van der Waals surface area (Å²) in [6.07, 6.45) is 1.34. The summed E-state index contributed by atoms with van der Waals surface area (Å²) < 4.78 is 10.4. The van der Waals surface area contributed by atoms with Gasteiger partial charge in [-0.05, 0) is 60.2 Å². The smallest absolute Gasteiger partial charge is 0.337 e. The van der Waals surface area contributed by atoms with Gasteiger partial charge in [-0.25, -0.2) is 14.5 Å². The van der Waals surface area contributed by atoms with Crippen LogP contribution in [0, 0.1) is 0 Å². The second-order valence-electron chi connectivity index (χ2n) is 7.59. The molecule has 0 saturated carbocycles. The molecule has 4 rings (SSSR count). The highest BCUT2D eigenvalue weighted by Crippen LogP contribution is 2.26. The quantitative estimate of drug-likeness (QED) is 0.275. The van der Waals surface area contributed by atoms with Crippen LogP contribution >= 0.6 is 23.2 Å². The number of rotatable bonds is 6. The summed E-state index contributed by atoms with van der Waals surface area (Å²) in [5.41, 5.74) is 1.55. The number of anilines is 1. The van der Waals surface area contributed by atoms with Crippen LogP contribution < -0.4 is 15.0 Å². The Balaban J connectivity index is 1.51. The Morgan fingerprint density at radius 1 is 0.972 bits per heavy atom. The average Bonchev–Trinajstić information content (AvgIpc) is 2.86. The largest absolute Gasteiger partial charge is 0.489 e. The van der Waals surface area contributed by atoms with E-state index >= 15 is 0 Å². The van der Waals surface area contributed by atoms with Gasteiger partial charge in [-0.15, -0.1) is 0 Å². The summed E-state index contributed by atoms with van der Waals surface area (Å²) in [6.45, 7) is 0.189. The molecule has 8 nitrogen and oxygen atoms in total. The molecule has 182 valence electrons. The predicted molar refractivity (Wildman–Crippen MR) is 134 cm³/mol. The normalized spacial score (nSPS) is 14.6. The second kappa shape index (κ2) is 10.6. The van der Waals surface area contributed by atoms with Gasteiger partial charge in [0.25, 0.3) is 11.8 Å². The molecule has 10 heteroatoms. The maximum absolute atomic E-state index is 13.1. The van der Waals surface area contributed by atoms with E-state index in [-0.39, 0.29) is 17.9 Å². The number of benzene rings is 3. The van der Waals surface area contributed by atoms with Gasteiger partial charge in [-0.2, -0.15) is 0 Å². The van der Waals surface area contributed by atoms with Crippen molar-refractivity contribution in [2.75, 3.05) is 12.0 Å². The molecule has 1 aliphatic rings. The molecular formula is C26H18Cl2N2O6. The van der Waals surface area contributed by atoms with Gasteiger partial charge in [0, 0.05) is 15.6 Å². The third-order valence-electron chi connectivity index (χ3n) is 5.25. The third-order valence-corrected chi connectivity index (χ3v) is 5.84. The zero-order valence-electron chi connectivity index (χ0n) is 18.8. The van der Waals surface area contributed by atoms with Crippen molar-refractivity contribution < 1.29 is 28.7 Å². The highest BCUT2D eigenvalue weighted by atomic mass is 35.5. The topological polar surface area (TPSA) is 102 Å². The van der Waals surface area contributed by atoms with Gasteiger partial charge in [0.1, 0.15) is 17.9 Å². The van der Waals surface area contributed by atoms with E-state index in [9.17, 15) is 19.2 Å². The van der Waals surface area contributed by atoms with Crippen molar-refractivity contribution in [1.82, 2.24) is 5.32 Å². The van der Waals surface area contributed by atoms with Crippen LogP contribution in [0.15, 0.2) is 72.3 Å². The zero-order chi connectivity index (χ0) is 25.8. The minimum absolute atomic E-state index is 0.189. The SMILES string of the molecule is COC(=O)c1ccc(/C=C2\C(=O)NC(=O)N(c3ccc(OCc4ccc(Cl)cc4Cl)cc3)C2=O)cc1. The molecule has 3 aromatic rings. The van der Waals surface area contributed by atoms with Gasteiger partial charge in [-0.3, -0.25) is 14.9 Å². The second-order valence-corrected chi connectivity index (χ2v) is 8.43. The van der Waals surface area contributed by atoms with Crippen LogP contribution in [0.2, 0.25) is 10.0 Å². The summed E-state index contributed by atoms with van der Waals surface area (Å²) in [5, 5.41) is 3.15. The summed E-state index contributed by atoms with van der Waals surface area (Å²) in [6, 6.07) is 16.5. The highest BCUT2D eigenvalue weighted by molar-refractivity contribution is 6.39. The van der Waals surface area contributed by atoms with Crippen LogP contribution in [-0.4, -0.2) is 30.9 Å². The Kier molecular flexibility index (Phi) is 7.38. The summed E-state index contributed by atoms with van der Waals surface area (Å²) in [5.74, 6) is -1.64. The third kappa shape index (κ3) is 5.40. The van der Waals surface area contributed by atoms with E-state index in [0.29, 0.717) is 26.9 Å². The molecule has 0 aliphatic carbocycles. The number of nitrogens with one attached hydrogen (secondary N) is 1. The number of nitrogens with zero attached hydrogens (tertiary/aromatic N) is 1. The van der Waals surface area contributed by atoms with Crippen LogP contribution in [-0.2, 0) is 20.9 Å². The number of halogens is 2. The molecule has 1 aliphatic heterocycles. The predicted octanol–water partition coefficient (Wildman–Crippen LogP) is 5.03. The maximum Gasteiger partial charge on any atom is 0.337 e. The Hall–Kier alpha value is -4.14. The number of amides is 4. The Labute approximate surface area is 216 Å². The van der Waals surface area contributed by atoms with Crippen molar-refractivity contribution >= 4 is 58.8 Å². The number of imide groups is 2. The van der Waals surface area contributed by atoms with Gasteiger partial charge in [0.15, 0.2) is 0 Å². The number of hydrogen-bond acceptors (Lipinski definition) is 6. The van der Waals surface area contributed by atoms with Crippen molar-refractivity contribution in [3.8, 4) is 5.75 Å². The molecule has 1 saturated heterocycles.